The summed E-state index contributed by atoms with van der Waals surface area (Å²) in [6.07, 6.45) is 2.80. The molecular formula is C18H34N2O. The van der Waals surface area contributed by atoms with E-state index in [0.717, 1.165) is 42.9 Å². The van der Waals surface area contributed by atoms with Crippen molar-refractivity contribution in [1.82, 2.24) is 9.80 Å². The minimum atomic E-state index is 0.714. The van der Waals surface area contributed by atoms with Crippen LogP contribution in [0.1, 0.15) is 40.5 Å². The zero-order valence-corrected chi connectivity index (χ0v) is 14.4. The van der Waals surface area contributed by atoms with Crippen molar-refractivity contribution in [2.45, 2.75) is 52.6 Å². The molecule has 4 atom stereocenters. The molecule has 0 aromatic heterocycles. The van der Waals surface area contributed by atoms with Crippen molar-refractivity contribution in [2.75, 3.05) is 39.4 Å². The average molecular weight is 294 g/mol. The molecule has 0 spiro atoms. The fraction of sp³-hybridized carbons (Fsp3) is 1.00. The van der Waals surface area contributed by atoms with Gasteiger partial charge < -0.3 is 4.74 Å². The summed E-state index contributed by atoms with van der Waals surface area (Å²) in [7, 11) is 0. The molecule has 0 aromatic rings. The minimum Gasteiger partial charge on any atom is -0.378 e. The van der Waals surface area contributed by atoms with Gasteiger partial charge in [-0.25, -0.2) is 0 Å². The Morgan fingerprint density at radius 1 is 0.905 bits per heavy atom. The first kappa shape index (κ1) is 15.8. The molecule has 0 N–H and O–H groups in total. The SMILES string of the molecule is CC(C)C1CC1C(C)C(C)N1CCCN(C2COC2)CC1. The van der Waals surface area contributed by atoms with Crippen molar-refractivity contribution < 1.29 is 4.74 Å². The molecule has 2 heterocycles. The van der Waals surface area contributed by atoms with Gasteiger partial charge >= 0.3 is 0 Å². The highest BCUT2D eigenvalue weighted by atomic mass is 16.5. The summed E-state index contributed by atoms with van der Waals surface area (Å²) < 4.78 is 5.36. The zero-order valence-electron chi connectivity index (χ0n) is 14.4. The third kappa shape index (κ3) is 3.46. The lowest BCUT2D eigenvalue weighted by atomic mass is 9.92. The van der Waals surface area contributed by atoms with E-state index in [-0.39, 0.29) is 0 Å². The van der Waals surface area contributed by atoms with Crippen molar-refractivity contribution in [1.29, 1.82) is 0 Å². The van der Waals surface area contributed by atoms with E-state index in [1.54, 1.807) is 0 Å². The van der Waals surface area contributed by atoms with Gasteiger partial charge in [0.2, 0.25) is 0 Å². The third-order valence-corrected chi connectivity index (χ3v) is 6.46. The predicted molar refractivity (Wildman–Crippen MR) is 87.4 cm³/mol. The third-order valence-electron chi connectivity index (χ3n) is 6.46. The van der Waals surface area contributed by atoms with Gasteiger partial charge in [0.1, 0.15) is 0 Å². The average Bonchev–Trinajstić information content (AvgIpc) is 3.19. The maximum Gasteiger partial charge on any atom is 0.0645 e. The lowest BCUT2D eigenvalue weighted by Gasteiger charge is -2.37. The van der Waals surface area contributed by atoms with Crippen LogP contribution < -0.4 is 0 Å². The largest absolute Gasteiger partial charge is 0.378 e. The van der Waals surface area contributed by atoms with E-state index in [1.807, 2.05) is 0 Å². The van der Waals surface area contributed by atoms with Gasteiger partial charge in [0.15, 0.2) is 0 Å². The Balaban J connectivity index is 1.49. The van der Waals surface area contributed by atoms with Crippen LogP contribution in [-0.2, 0) is 4.74 Å². The summed E-state index contributed by atoms with van der Waals surface area (Å²) >= 11 is 0. The van der Waals surface area contributed by atoms with Crippen LogP contribution in [0, 0.1) is 23.7 Å². The fourth-order valence-corrected chi connectivity index (χ4v) is 4.46. The van der Waals surface area contributed by atoms with Gasteiger partial charge in [0, 0.05) is 19.1 Å². The van der Waals surface area contributed by atoms with Gasteiger partial charge in [-0.3, -0.25) is 9.80 Å². The first-order chi connectivity index (χ1) is 10.1. The molecule has 21 heavy (non-hydrogen) atoms. The molecule has 3 nitrogen and oxygen atoms in total. The highest BCUT2D eigenvalue weighted by Crippen LogP contribution is 2.50. The Morgan fingerprint density at radius 3 is 2.24 bits per heavy atom. The second-order valence-electron chi connectivity index (χ2n) is 8.02. The summed E-state index contributed by atoms with van der Waals surface area (Å²) in [4.78, 5) is 5.43. The standard InChI is InChI=1S/C18H34N2O/c1-13(2)17-10-18(17)14(3)15(4)19-6-5-7-20(9-8-19)16-11-21-12-16/h13-18H,5-12H2,1-4H3. The van der Waals surface area contributed by atoms with E-state index in [2.05, 4.69) is 37.5 Å². The molecular weight excluding hydrogens is 260 g/mol. The van der Waals surface area contributed by atoms with Gasteiger partial charge in [-0.05, 0) is 56.5 Å². The summed E-state index contributed by atoms with van der Waals surface area (Å²) in [5.74, 6) is 3.72. The number of nitrogens with zero attached hydrogens (tertiary/aromatic N) is 2. The van der Waals surface area contributed by atoms with Crippen LogP contribution in [0.5, 0.6) is 0 Å². The molecule has 1 saturated carbocycles. The predicted octanol–water partition coefficient (Wildman–Crippen LogP) is 2.71. The first-order valence-electron chi connectivity index (χ1n) is 9.13. The van der Waals surface area contributed by atoms with Crippen molar-refractivity contribution in [2.24, 2.45) is 23.7 Å². The monoisotopic (exact) mass is 294 g/mol. The number of ether oxygens (including phenoxy) is 1. The van der Waals surface area contributed by atoms with Crippen LogP contribution in [0.3, 0.4) is 0 Å². The summed E-state index contributed by atoms with van der Waals surface area (Å²) in [6, 6.07) is 1.46. The maximum atomic E-state index is 5.36. The lowest BCUT2D eigenvalue weighted by molar-refractivity contribution is -0.0636. The number of hydrogen-bond donors (Lipinski definition) is 0. The van der Waals surface area contributed by atoms with Crippen molar-refractivity contribution in [3.63, 3.8) is 0 Å². The van der Waals surface area contributed by atoms with E-state index in [1.165, 1.54) is 39.0 Å². The van der Waals surface area contributed by atoms with E-state index in [0.29, 0.717) is 6.04 Å². The quantitative estimate of drug-likeness (QED) is 0.775. The molecule has 3 rings (SSSR count). The minimum absolute atomic E-state index is 0.714. The molecule has 2 aliphatic heterocycles. The van der Waals surface area contributed by atoms with Gasteiger partial charge in [-0.15, -0.1) is 0 Å². The molecule has 3 aliphatic rings. The molecule has 0 bridgehead atoms. The Kier molecular flexibility index (Phi) is 4.92. The molecule has 4 unspecified atom stereocenters. The van der Waals surface area contributed by atoms with E-state index in [9.17, 15) is 0 Å². The van der Waals surface area contributed by atoms with Gasteiger partial charge in [0.25, 0.3) is 0 Å². The van der Waals surface area contributed by atoms with Crippen LogP contribution in [0.15, 0.2) is 0 Å². The van der Waals surface area contributed by atoms with Crippen LogP contribution in [-0.4, -0.2) is 61.3 Å². The highest BCUT2D eigenvalue weighted by molar-refractivity contribution is 4.95. The smallest absolute Gasteiger partial charge is 0.0645 e. The van der Waals surface area contributed by atoms with Gasteiger partial charge in [-0.1, -0.05) is 20.8 Å². The van der Waals surface area contributed by atoms with Gasteiger partial charge in [-0.2, -0.15) is 0 Å². The number of hydrogen-bond acceptors (Lipinski definition) is 3. The van der Waals surface area contributed by atoms with Crippen molar-refractivity contribution >= 4 is 0 Å². The summed E-state index contributed by atoms with van der Waals surface area (Å²) in [5.41, 5.74) is 0. The highest BCUT2D eigenvalue weighted by Gasteiger charge is 2.45. The maximum absolute atomic E-state index is 5.36. The van der Waals surface area contributed by atoms with Gasteiger partial charge in [0.05, 0.1) is 19.3 Å². The lowest BCUT2D eigenvalue weighted by Crippen LogP contribution is -2.50. The molecule has 3 heteroatoms. The molecule has 2 saturated heterocycles. The van der Waals surface area contributed by atoms with Crippen molar-refractivity contribution in [3.05, 3.63) is 0 Å². The zero-order chi connectivity index (χ0) is 15.0. The Labute approximate surface area is 131 Å². The Hall–Kier alpha value is -0.120. The first-order valence-corrected chi connectivity index (χ1v) is 9.13. The summed E-state index contributed by atoms with van der Waals surface area (Å²) in [5, 5.41) is 0. The fourth-order valence-electron chi connectivity index (χ4n) is 4.46. The van der Waals surface area contributed by atoms with E-state index < -0.39 is 0 Å². The molecule has 3 fully saturated rings. The van der Waals surface area contributed by atoms with Crippen LogP contribution in [0.2, 0.25) is 0 Å². The molecule has 0 amide bonds. The topological polar surface area (TPSA) is 15.7 Å². The number of rotatable bonds is 5. The Bertz CT molecular complexity index is 342. The van der Waals surface area contributed by atoms with Crippen LogP contribution >= 0.6 is 0 Å². The van der Waals surface area contributed by atoms with E-state index in [4.69, 9.17) is 4.74 Å². The van der Waals surface area contributed by atoms with Crippen LogP contribution in [0.4, 0.5) is 0 Å². The summed E-state index contributed by atoms with van der Waals surface area (Å²) in [6.45, 7) is 16.7. The molecule has 1 aliphatic carbocycles. The van der Waals surface area contributed by atoms with Crippen LogP contribution in [0.25, 0.3) is 0 Å². The van der Waals surface area contributed by atoms with Crippen molar-refractivity contribution in [3.8, 4) is 0 Å². The molecule has 0 aromatic carbocycles. The second kappa shape index (κ2) is 6.55. The second-order valence-corrected chi connectivity index (χ2v) is 8.02. The molecule has 0 radical (unpaired) electrons. The Morgan fingerprint density at radius 2 is 1.67 bits per heavy atom. The normalized spacial score (nSPS) is 35.3. The molecule has 122 valence electrons. The van der Waals surface area contributed by atoms with E-state index >= 15 is 0 Å².